The zero-order valence-electron chi connectivity index (χ0n) is 34.6. The van der Waals surface area contributed by atoms with Crippen molar-refractivity contribution in [1.82, 2.24) is 14.7 Å². The minimum Gasteiger partial charge on any atom is -0.441 e. The van der Waals surface area contributed by atoms with Gasteiger partial charge in [-0.3, -0.25) is 14.8 Å². The number of nitrogens with zero attached hydrogens (tertiary/aromatic N) is 5. The SMILES string of the molecule is CCCC[N+]1(Cc2cc(C(C)(C)C)cc(C=NC3CCCCC3)c2OC(Cl)Oc2c(C=N)cc(C(C)(C)C)cc2CN2CCN(C)CC2)CCN(C)C1. The Morgan fingerprint density at radius 1 is 0.849 bits per heavy atom. The monoisotopic (exact) mass is 750 g/mol. The van der Waals surface area contributed by atoms with Crippen LogP contribution in [0.5, 0.6) is 11.5 Å². The molecule has 2 unspecified atom stereocenters. The first-order valence-electron chi connectivity index (χ1n) is 20.4. The van der Waals surface area contributed by atoms with Crippen LogP contribution in [0, 0.1) is 5.41 Å². The maximum Gasteiger partial charge on any atom is 0.322 e. The molecule has 0 amide bonds. The van der Waals surface area contributed by atoms with Crippen LogP contribution in [0.4, 0.5) is 0 Å². The number of halogens is 1. The van der Waals surface area contributed by atoms with E-state index in [1.54, 1.807) is 0 Å². The second-order valence-electron chi connectivity index (χ2n) is 18.4. The molecular weight excluding hydrogens is 680 g/mol. The molecule has 1 N–H and O–H groups in total. The van der Waals surface area contributed by atoms with Crippen molar-refractivity contribution in [2.75, 3.05) is 66.6 Å². The van der Waals surface area contributed by atoms with E-state index in [4.69, 9.17) is 31.5 Å². The first-order valence-corrected chi connectivity index (χ1v) is 20.8. The predicted molar refractivity (Wildman–Crippen MR) is 222 cm³/mol. The molecule has 1 aliphatic carbocycles. The molecule has 2 aromatic rings. The first kappa shape index (κ1) is 41.7. The van der Waals surface area contributed by atoms with Crippen LogP contribution in [0.2, 0.25) is 0 Å². The summed E-state index contributed by atoms with van der Waals surface area (Å²) >= 11 is 7.23. The van der Waals surface area contributed by atoms with E-state index in [-0.39, 0.29) is 10.8 Å². The minimum absolute atomic E-state index is 0.0561. The molecule has 8 nitrogen and oxygen atoms in total. The number of hydrogen-bond acceptors (Lipinski definition) is 7. The van der Waals surface area contributed by atoms with Crippen LogP contribution in [0.25, 0.3) is 0 Å². The second-order valence-corrected chi connectivity index (χ2v) is 18.8. The Labute approximate surface area is 327 Å². The normalized spacial score (nSPS) is 22.1. The topological polar surface area (TPSA) is 64.4 Å². The maximum atomic E-state index is 8.48. The fourth-order valence-corrected chi connectivity index (χ4v) is 8.35. The third-order valence-electron chi connectivity index (χ3n) is 11.7. The Kier molecular flexibility index (Phi) is 14.1. The summed E-state index contributed by atoms with van der Waals surface area (Å²) < 4.78 is 14.5. The number of rotatable bonds is 14. The summed E-state index contributed by atoms with van der Waals surface area (Å²) in [6, 6.07) is 9.30. The highest BCUT2D eigenvalue weighted by molar-refractivity contribution is 6.19. The Morgan fingerprint density at radius 2 is 1.45 bits per heavy atom. The molecule has 1 saturated carbocycles. The number of aliphatic imine (C=N–C) groups is 1. The highest BCUT2D eigenvalue weighted by atomic mass is 35.5. The molecule has 5 rings (SSSR count). The number of unbranched alkanes of at least 4 members (excludes halogenated alkanes) is 1. The third kappa shape index (κ3) is 11.3. The fourth-order valence-electron chi connectivity index (χ4n) is 8.17. The lowest BCUT2D eigenvalue weighted by Crippen LogP contribution is -2.47. The zero-order chi connectivity index (χ0) is 38.4. The van der Waals surface area contributed by atoms with Gasteiger partial charge in [0.05, 0.1) is 19.6 Å². The number of piperazine rings is 1. The summed E-state index contributed by atoms with van der Waals surface area (Å²) in [5, 5.41) is 8.48. The molecule has 53 heavy (non-hydrogen) atoms. The average molecular weight is 751 g/mol. The van der Waals surface area contributed by atoms with Crippen LogP contribution in [0.15, 0.2) is 29.3 Å². The van der Waals surface area contributed by atoms with Crippen LogP contribution >= 0.6 is 11.6 Å². The van der Waals surface area contributed by atoms with Gasteiger partial charge < -0.3 is 24.3 Å². The Bertz CT molecular complexity index is 1550. The molecule has 0 radical (unpaired) electrons. The smallest absolute Gasteiger partial charge is 0.322 e. The molecule has 3 aliphatic rings. The van der Waals surface area contributed by atoms with E-state index in [0.29, 0.717) is 11.8 Å². The summed E-state index contributed by atoms with van der Waals surface area (Å²) in [5.74, 6) is 0.293. The van der Waals surface area contributed by atoms with Gasteiger partial charge in [-0.2, -0.15) is 0 Å². The highest BCUT2D eigenvalue weighted by Gasteiger charge is 2.37. The van der Waals surface area contributed by atoms with Crippen LogP contribution in [0.1, 0.15) is 127 Å². The maximum absolute atomic E-state index is 8.48. The van der Waals surface area contributed by atoms with Gasteiger partial charge in [0.25, 0.3) is 0 Å². The van der Waals surface area contributed by atoms with Gasteiger partial charge >= 0.3 is 5.75 Å². The van der Waals surface area contributed by atoms with Crippen molar-refractivity contribution in [1.29, 1.82) is 5.41 Å². The predicted octanol–water partition coefficient (Wildman–Crippen LogP) is 8.78. The molecule has 2 aliphatic heterocycles. The van der Waals surface area contributed by atoms with E-state index in [1.807, 2.05) is 0 Å². The molecule has 0 spiro atoms. The van der Waals surface area contributed by atoms with E-state index in [9.17, 15) is 0 Å². The first-order chi connectivity index (χ1) is 25.1. The van der Waals surface area contributed by atoms with Gasteiger partial charge in [-0.15, -0.1) is 0 Å². The molecular formula is C44H70ClN6O2+. The van der Waals surface area contributed by atoms with Gasteiger partial charge in [0, 0.05) is 73.4 Å². The van der Waals surface area contributed by atoms with Crippen molar-refractivity contribution < 1.29 is 14.0 Å². The molecule has 2 saturated heterocycles. The van der Waals surface area contributed by atoms with Gasteiger partial charge in [0.2, 0.25) is 0 Å². The summed E-state index contributed by atoms with van der Waals surface area (Å²) in [4.78, 5) is 12.5. The number of likely N-dealkylation sites (N-methyl/N-ethyl adjacent to an activating group) is 2. The highest BCUT2D eigenvalue weighted by Crippen LogP contribution is 2.38. The van der Waals surface area contributed by atoms with Crippen molar-refractivity contribution in [3.63, 3.8) is 0 Å². The van der Waals surface area contributed by atoms with Crippen LogP contribution < -0.4 is 9.47 Å². The number of nitrogens with one attached hydrogen (secondary N) is 1. The lowest BCUT2D eigenvalue weighted by Gasteiger charge is -2.36. The van der Waals surface area contributed by atoms with Crippen molar-refractivity contribution in [3.8, 4) is 11.5 Å². The van der Waals surface area contributed by atoms with E-state index >= 15 is 0 Å². The van der Waals surface area contributed by atoms with Gasteiger partial charge in [-0.05, 0) is 85.1 Å². The van der Waals surface area contributed by atoms with E-state index in [2.05, 4.69) is 108 Å². The lowest BCUT2D eigenvalue weighted by molar-refractivity contribution is -0.933. The van der Waals surface area contributed by atoms with Crippen LogP contribution in [-0.2, 0) is 23.9 Å². The average Bonchev–Trinajstić information content (AvgIpc) is 3.48. The third-order valence-corrected chi connectivity index (χ3v) is 11.9. The van der Waals surface area contributed by atoms with Crippen molar-refractivity contribution in [2.45, 2.75) is 129 Å². The molecule has 0 aromatic heterocycles. The number of quaternary nitrogens is 1. The largest absolute Gasteiger partial charge is 0.441 e. The van der Waals surface area contributed by atoms with E-state index in [1.165, 1.54) is 49.4 Å². The summed E-state index contributed by atoms with van der Waals surface area (Å²) in [5.41, 5.74) is 6.22. The molecule has 2 aromatic carbocycles. The molecule has 2 atom stereocenters. The molecule has 3 fully saturated rings. The quantitative estimate of drug-likeness (QED) is 0.0906. The molecule has 2 heterocycles. The van der Waals surface area contributed by atoms with Gasteiger partial charge in [-0.1, -0.05) is 80.2 Å². The Morgan fingerprint density at radius 3 is 2.02 bits per heavy atom. The standard InChI is InChI=1S/C44H70ClN6O2/c1-10-11-22-51(23-21-49(9)32-51)31-36-27-38(44(5,6)7)25-34(29-47-39-15-13-12-14-16-39)41(36)53-42(45)52-40-33(28-46)24-37(43(2,3)4)26-35(40)30-50-19-17-48(8)18-20-50/h24-29,39,42,46H,10-23,30-32H2,1-9H3/q+1. The van der Waals surface area contributed by atoms with Crippen molar-refractivity contribution in [2.24, 2.45) is 4.99 Å². The molecule has 9 heteroatoms. The van der Waals surface area contributed by atoms with Crippen LogP contribution in [0.3, 0.4) is 0 Å². The van der Waals surface area contributed by atoms with Crippen LogP contribution in [-0.4, -0.2) is 110 Å². The number of hydrogen-bond donors (Lipinski definition) is 1. The van der Waals surface area contributed by atoms with Gasteiger partial charge in [0.15, 0.2) is 0 Å². The van der Waals surface area contributed by atoms with E-state index < -0.39 is 5.75 Å². The Hall–Kier alpha value is -2.49. The zero-order valence-corrected chi connectivity index (χ0v) is 35.3. The van der Waals surface area contributed by atoms with Crippen molar-refractivity contribution in [3.05, 3.63) is 57.6 Å². The minimum atomic E-state index is -1.10. The fraction of sp³-hybridized carbons (Fsp3) is 0.682. The summed E-state index contributed by atoms with van der Waals surface area (Å²) in [6.45, 7) is 25.8. The van der Waals surface area contributed by atoms with Crippen molar-refractivity contribution >= 4 is 24.0 Å². The lowest BCUT2D eigenvalue weighted by atomic mass is 9.84. The number of benzene rings is 2. The second kappa shape index (κ2) is 18.0. The number of alkyl halides is 1. The summed E-state index contributed by atoms with van der Waals surface area (Å²) in [7, 11) is 4.42. The van der Waals surface area contributed by atoms with Gasteiger partial charge in [0.1, 0.15) is 24.7 Å². The van der Waals surface area contributed by atoms with E-state index in [0.717, 1.165) is 111 Å². The summed E-state index contributed by atoms with van der Waals surface area (Å²) in [6.07, 6.45) is 11.9. The molecule has 0 bridgehead atoms. The van der Waals surface area contributed by atoms with Gasteiger partial charge in [-0.25, -0.2) is 0 Å². The number of ether oxygens (including phenoxy) is 2. The Balaban J connectivity index is 1.56. The molecule has 294 valence electrons.